The largest absolute Gasteiger partial charge is 0.416 e. The molecule has 0 aromatic heterocycles. The molecule has 0 spiro atoms. The Balaban J connectivity index is 1.57. The highest BCUT2D eigenvalue weighted by atomic mass is 35.5. The van der Waals surface area contributed by atoms with Crippen LogP contribution in [0.25, 0.3) is 0 Å². The first kappa shape index (κ1) is 23.6. The van der Waals surface area contributed by atoms with Gasteiger partial charge in [-0.1, -0.05) is 30.2 Å². The van der Waals surface area contributed by atoms with Crippen LogP contribution in [-0.2, 0) is 28.7 Å². The molecule has 2 N–H and O–H groups in total. The van der Waals surface area contributed by atoms with Crippen molar-refractivity contribution in [3.05, 3.63) is 58.1 Å². The number of amides is 1. The van der Waals surface area contributed by atoms with Gasteiger partial charge < -0.3 is 15.5 Å². The van der Waals surface area contributed by atoms with Crippen LogP contribution in [-0.4, -0.2) is 30.3 Å². The van der Waals surface area contributed by atoms with Gasteiger partial charge in [-0.2, -0.15) is 13.2 Å². The molecule has 0 radical (unpaired) electrons. The van der Waals surface area contributed by atoms with Crippen molar-refractivity contribution in [1.82, 2.24) is 5.32 Å². The van der Waals surface area contributed by atoms with Crippen LogP contribution in [0, 0.1) is 0 Å². The van der Waals surface area contributed by atoms with Crippen LogP contribution in [0.15, 0.2) is 36.4 Å². The quantitative estimate of drug-likeness (QED) is 0.636. The Bertz CT molecular complexity index is 1050. The molecule has 0 saturated carbocycles. The third-order valence-electron chi connectivity index (χ3n) is 6.22. The molecule has 1 saturated heterocycles. The molecule has 33 heavy (non-hydrogen) atoms. The number of alkyl halides is 3. The Kier molecular flexibility index (Phi) is 6.68. The van der Waals surface area contributed by atoms with Gasteiger partial charge in [-0.3, -0.25) is 9.59 Å². The topological polar surface area (TPSA) is 61.4 Å². The van der Waals surface area contributed by atoms with E-state index in [0.29, 0.717) is 28.4 Å². The predicted octanol–water partition coefficient (Wildman–Crippen LogP) is 4.96. The summed E-state index contributed by atoms with van der Waals surface area (Å²) in [5.74, 6) is -0.181. The van der Waals surface area contributed by atoms with Crippen molar-refractivity contribution in [2.45, 2.75) is 57.4 Å². The van der Waals surface area contributed by atoms with E-state index < -0.39 is 17.8 Å². The molecule has 2 aliphatic rings. The second kappa shape index (κ2) is 9.35. The first-order chi connectivity index (χ1) is 15.6. The lowest BCUT2D eigenvalue weighted by Gasteiger charge is -2.27. The van der Waals surface area contributed by atoms with Crippen molar-refractivity contribution in [3.8, 4) is 0 Å². The van der Waals surface area contributed by atoms with Gasteiger partial charge in [0.15, 0.2) is 5.78 Å². The number of hydrogen-bond acceptors (Lipinski definition) is 4. The molecule has 0 aliphatic carbocycles. The zero-order valence-corrected chi connectivity index (χ0v) is 18.9. The van der Waals surface area contributed by atoms with Gasteiger partial charge in [-0.15, -0.1) is 0 Å². The zero-order chi connectivity index (χ0) is 23.8. The third kappa shape index (κ3) is 5.17. The van der Waals surface area contributed by atoms with E-state index in [-0.39, 0.29) is 24.3 Å². The average Bonchev–Trinajstić information content (AvgIpc) is 3.13. The lowest BCUT2D eigenvalue weighted by atomic mass is 10.0. The van der Waals surface area contributed by atoms with Crippen molar-refractivity contribution in [2.75, 3.05) is 16.8 Å². The molecule has 4 rings (SSSR count). The zero-order valence-electron chi connectivity index (χ0n) is 18.1. The number of hydrogen-bond donors (Lipinski definition) is 2. The lowest BCUT2D eigenvalue weighted by molar-refractivity contribution is -0.137. The van der Waals surface area contributed by atoms with Crippen molar-refractivity contribution in [3.63, 3.8) is 0 Å². The normalized spacial score (nSPS) is 20.5. The predicted molar refractivity (Wildman–Crippen MR) is 122 cm³/mol. The summed E-state index contributed by atoms with van der Waals surface area (Å²) in [4.78, 5) is 26.8. The summed E-state index contributed by atoms with van der Waals surface area (Å²) in [6.45, 7) is 2.54. The van der Waals surface area contributed by atoms with E-state index in [9.17, 15) is 22.8 Å². The Labute approximate surface area is 195 Å². The Morgan fingerprint density at radius 1 is 1.18 bits per heavy atom. The van der Waals surface area contributed by atoms with Gasteiger partial charge in [-0.05, 0) is 61.7 Å². The van der Waals surface area contributed by atoms with Crippen LogP contribution in [0.4, 0.5) is 24.5 Å². The Hall–Kier alpha value is -2.58. The molecule has 5 nitrogen and oxygen atoms in total. The summed E-state index contributed by atoms with van der Waals surface area (Å²) >= 11 is 6.59. The van der Waals surface area contributed by atoms with Crippen LogP contribution in [0.2, 0.25) is 5.02 Å². The Morgan fingerprint density at radius 2 is 1.91 bits per heavy atom. The molecular weight excluding hydrogens is 455 g/mol. The SMILES string of the molecule is CC(=O)[C@H]1Cc2cc(NC(=O)C3CCCCN3)cc(Cl)c2N1Cc1ccc(C(F)(F)F)cc1. The van der Waals surface area contributed by atoms with Gasteiger partial charge in [0.2, 0.25) is 5.91 Å². The minimum atomic E-state index is -4.40. The van der Waals surface area contributed by atoms with E-state index in [1.165, 1.54) is 19.1 Å². The summed E-state index contributed by atoms with van der Waals surface area (Å²) in [6.07, 6.45) is -1.17. The first-order valence-electron chi connectivity index (χ1n) is 10.9. The van der Waals surface area contributed by atoms with Crippen molar-refractivity contribution < 1.29 is 22.8 Å². The number of piperidine rings is 1. The summed E-state index contributed by atoms with van der Waals surface area (Å²) in [5.41, 5.74) is 1.97. The number of halogens is 4. The van der Waals surface area contributed by atoms with E-state index in [0.717, 1.165) is 43.5 Å². The fraction of sp³-hybridized carbons (Fsp3) is 0.417. The average molecular weight is 480 g/mol. The molecule has 2 aliphatic heterocycles. The smallest absolute Gasteiger partial charge is 0.355 e. The number of rotatable bonds is 5. The summed E-state index contributed by atoms with van der Waals surface area (Å²) in [7, 11) is 0. The number of nitrogens with zero attached hydrogens (tertiary/aromatic N) is 1. The minimum Gasteiger partial charge on any atom is -0.355 e. The van der Waals surface area contributed by atoms with Gasteiger partial charge >= 0.3 is 6.18 Å². The molecule has 176 valence electrons. The minimum absolute atomic E-state index is 0.0637. The van der Waals surface area contributed by atoms with Gasteiger partial charge in [0.05, 0.1) is 28.4 Å². The first-order valence-corrected chi connectivity index (χ1v) is 11.3. The van der Waals surface area contributed by atoms with Gasteiger partial charge in [0.1, 0.15) is 0 Å². The van der Waals surface area contributed by atoms with E-state index in [1.807, 2.05) is 11.0 Å². The fourth-order valence-corrected chi connectivity index (χ4v) is 4.88. The van der Waals surface area contributed by atoms with Crippen molar-refractivity contribution >= 4 is 34.7 Å². The molecule has 2 aromatic carbocycles. The molecule has 1 amide bonds. The fourth-order valence-electron chi connectivity index (χ4n) is 4.53. The highest BCUT2D eigenvalue weighted by molar-refractivity contribution is 6.34. The molecule has 2 heterocycles. The Morgan fingerprint density at radius 3 is 2.52 bits per heavy atom. The molecular formula is C24H25ClF3N3O2. The number of carbonyl (C=O) groups excluding carboxylic acids is 2. The summed E-state index contributed by atoms with van der Waals surface area (Å²) in [5, 5.41) is 6.51. The summed E-state index contributed by atoms with van der Waals surface area (Å²) in [6, 6.07) is 7.66. The number of anilines is 2. The van der Waals surface area contributed by atoms with E-state index in [2.05, 4.69) is 10.6 Å². The number of carbonyl (C=O) groups is 2. The number of Topliss-reactive ketones (excluding diaryl/α,β-unsaturated/α-hetero) is 1. The molecule has 9 heteroatoms. The van der Waals surface area contributed by atoms with Gasteiger partial charge in [0.25, 0.3) is 0 Å². The monoisotopic (exact) mass is 479 g/mol. The number of ketones is 1. The number of benzene rings is 2. The van der Waals surface area contributed by atoms with Crippen LogP contribution < -0.4 is 15.5 Å². The van der Waals surface area contributed by atoms with Crippen LogP contribution in [0.3, 0.4) is 0 Å². The maximum Gasteiger partial charge on any atom is 0.416 e. The van der Waals surface area contributed by atoms with E-state index in [1.54, 1.807) is 6.07 Å². The van der Waals surface area contributed by atoms with Crippen LogP contribution in [0.5, 0.6) is 0 Å². The summed E-state index contributed by atoms with van der Waals surface area (Å²) < 4.78 is 38.6. The van der Waals surface area contributed by atoms with E-state index >= 15 is 0 Å². The van der Waals surface area contributed by atoms with Gasteiger partial charge in [-0.25, -0.2) is 0 Å². The molecule has 1 fully saturated rings. The second-order valence-electron chi connectivity index (χ2n) is 8.61. The highest BCUT2D eigenvalue weighted by Gasteiger charge is 2.35. The van der Waals surface area contributed by atoms with E-state index in [4.69, 9.17) is 11.6 Å². The van der Waals surface area contributed by atoms with Crippen molar-refractivity contribution in [1.29, 1.82) is 0 Å². The standard InChI is InChI=1S/C24H25ClF3N3O2/c1-14(32)21-11-16-10-18(30-23(33)20-4-2-3-9-29-20)12-19(25)22(16)31(21)13-15-5-7-17(8-6-15)24(26,27)28/h5-8,10,12,20-21,29H,2-4,9,11,13H2,1H3,(H,30,33)/t20?,21-/m1/s1. The maximum absolute atomic E-state index is 12.9. The van der Waals surface area contributed by atoms with Crippen LogP contribution in [0.1, 0.15) is 42.9 Å². The van der Waals surface area contributed by atoms with Gasteiger partial charge in [0, 0.05) is 18.7 Å². The van der Waals surface area contributed by atoms with Crippen molar-refractivity contribution in [2.24, 2.45) is 0 Å². The molecule has 2 atom stereocenters. The highest BCUT2D eigenvalue weighted by Crippen LogP contribution is 2.42. The maximum atomic E-state index is 12.9. The number of fused-ring (bicyclic) bond motifs is 1. The molecule has 0 bridgehead atoms. The van der Waals surface area contributed by atoms with Crippen LogP contribution >= 0.6 is 11.6 Å². The third-order valence-corrected chi connectivity index (χ3v) is 6.50. The molecule has 2 aromatic rings. The molecule has 1 unspecified atom stereocenters. The number of nitrogens with one attached hydrogen (secondary N) is 2. The lowest BCUT2D eigenvalue weighted by Crippen LogP contribution is -2.43. The second-order valence-corrected chi connectivity index (χ2v) is 9.02.